The van der Waals surface area contributed by atoms with Gasteiger partial charge >= 0.3 is 6.09 Å². The van der Waals surface area contributed by atoms with Gasteiger partial charge in [0, 0.05) is 13.0 Å². The Morgan fingerprint density at radius 1 is 1.43 bits per heavy atom. The second-order valence-electron chi connectivity index (χ2n) is 6.54. The number of ether oxygens (including phenoxy) is 1. The summed E-state index contributed by atoms with van der Waals surface area (Å²) in [6.07, 6.45) is -0.391. The van der Waals surface area contributed by atoms with Gasteiger partial charge in [-0.15, -0.1) is 0 Å². The summed E-state index contributed by atoms with van der Waals surface area (Å²) in [4.78, 5) is 12.9. The molecule has 5 heteroatoms. The van der Waals surface area contributed by atoms with Crippen molar-refractivity contribution in [1.82, 2.24) is 4.90 Å². The average Bonchev–Trinajstić information content (AvgIpc) is 2.83. The number of hydrogen-bond donors (Lipinski definition) is 2. The summed E-state index contributed by atoms with van der Waals surface area (Å²) in [6.45, 7) is 6.53. The lowest BCUT2D eigenvalue weighted by atomic mass is 9.84. The minimum absolute atomic E-state index is 0.0359. The first kappa shape index (κ1) is 15.6. The van der Waals surface area contributed by atoms with Crippen LogP contribution in [0.15, 0.2) is 24.3 Å². The number of nitrogens with zero attached hydrogens (tertiary/aromatic N) is 1. The summed E-state index contributed by atoms with van der Waals surface area (Å²) in [5.74, 6) is 0.674. The first-order valence-corrected chi connectivity index (χ1v) is 7.19. The van der Waals surface area contributed by atoms with Gasteiger partial charge in [0.2, 0.25) is 0 Å². The standard InChI is InChI=1S/C16H23NO4/c1-16(2,3)14-13(7-8-17(14)15(19)20)21-12-6-4-5-11(9-12)10-18/h4-6,9,13-14,18H,7-8,10H2,1-3H3,(H,19,20). The largest absolute Gasteiger partial charge is 0.488 e. The van der Waals surface area contributed by atoms with Crippen molar-refractivity contribution >= 4 is 6.09 Å². The number of amides is 1. The van der Waals surface area contributed by atoms with Crippen LogP contribution < -0.4 is 4.74 Å². The highest BCUT2D eigenvalue weighted by Gasteiger charge is 2.45. The third-order valence-electron chi connectivity index (χ3n) is 3.84. The van der Waals surface area contributed by atoms with E-state index in [4.69, 9.17) is 4.74 Å². The molecule has 0 radical (unpaired) electrons. The Hall–Kier alpha value is -1.75. The first-order valence-electron chi connectivity index (χ1n) is 7.19. The normalized spacial score (nSPS) is 22.4. The zero-order valence-corrected chi connectivity index (χ0v) is 12.7. The van der Waals surface area contributed by atoms with E-state index in [1.807, 2.05) is 39.0 Å². The molecule has 21 heavy (non-hydrogen) atoms. The van der Waals surface area contributed by atoms with Gasteiger partial charge in [-0.05, 0) is 23.1 Å². The number of benzene rings is 1. The average molecular weight is 293 g/mol. The van der Waals surface area contributed by atoms with Crippen LogP contribution in [0.1, 0.15) is 32.8 Å². The fourth-order valence-electron chi connectivity index (χ4n) is 3.02. The molecule has 0 spiro atoms. The van der Waals surface area contributed by atoms with Gasteiger partial charge in [0.15, 0.2) is 0 Å². The second kappa shape index (κ2) is 5.93. The van der Waals surface area contributed by atoms with Crippen molar-refractivity contribution < 1.29 is 19.7 Å². The smallest absolute Gasteiger partial charge is 0.407 e. The van der Waals surface area contributed by atoms with Crippen molar-refractivity contribution in [2.24, 2.45) is 5.41 Å². The molecule has 0 saturated carbocycles. The summed E-state index contributed by atoms with van der Waals surface area (Å²) >= 11 is 0. The molecule has 1 amide bonds. The molecule has 2 N–H and O–H groups in total. The number of carbonyl (C=O) groups is 1. The van der Waals surface area contributed by atoms with Gasteiger partial charge in [-0.1, -0.05) is 32.9 Å². The third-order valence-corrected chi connectivity index (χ3v) is 3.84. The predicted molar refractivity (Wildman–Crippen MR) is 79.4 cm³/mol. The molecule has 1 aliphatic rings. The first-order chi connectivity index (χ1) is 9.82. The molecule has 1 saturated heterocycles. The van der Waals surface area contributed by atoms with Gasteiger partial charge in [-0.3, -0.25) is 0 Å². The maximum Gasteiger partial charge on any atom is 0.407 e. The molecule has 2 rings (SSSR count). The Bertz CT molecular complexity index is 509. The minimum atomic E-state index is -0.898. The Balaban J connectivity index is 2.20. The molecular weight excluding hydrogens is 270 g/mol. The van der Waals surface area contributed by atoms with Gasteiger partial charge in [-0.2, -0.15) is 0 Å². The van der Waals surface area contributed by atoms with Crippen LogP contribution in [0, 0.1) is 5.41 Å². The number of rotatable bonds is 3. The Kier molecular flexibility index (Phi) is 4.42. The van der Waals surface area contributed by atoms with Crippen LogP contribution in [0.25, 0.3) is 0 Å². The van der Waals surface area contributed by atoms with Crippen LogP contribution >= 0.6 is 0 Å². The molecule has 1 aliphatic heterocycles. The predicted octanol–water partition coefficient (Wildman–Crippen LogP) is 2.72. The van der Waals surface area contributed by atoms with E-state index in [0.29, 0.717) is 18.7 Å². The van der Waals surface area contributed by atoms with E-state index in [9.17, 15) is 15.0 Å². The number of hydrogen-bond acceptors (Lipinski definition) is 3. The van der Waals surface area contributed by atoms with Crippen molar-refractivity contribution in [1.29, 1.82) is 0 Å². The molecule has 1 aromatic rings. The highest BCUT2D eigenvalue weighted by molar-refractivity contribution is 5.66. The fourth-order valence-corrected chi connectivity index (χ4v) is 3.02. The zero-order chi connectivity index (χ0) is 15.6. The second-order valence-corrected chi connectivity index (χ2v) is 6.54. The van der Waals surface area contributed by atoms with Crippen molar-refractivity contribution in [3.8, 4) is 5.75 Å². The molecule has 5 nitrogen and oxygen atoms in total. The summed E-state index contributed by atoms with van der Waals surface area (Å²) in [7, 11) is 0. The SMILES string of the molecule is CC(C)(C)C1C(Oc2cccc(CO)c2)CCN1C(=O)O. The number of aliphatic hydroxyl groups is 1. The zero-order valence-electron chi connectivity index (χ0n) is 12.7. The summed E-state index contributed by atoms with van der Waals surface area (Å²) in [5.41, 5.74) is 0.585. The van der Waals surface area contributed by atoms with Crippen LogP contribution in [0.3, 0.4) is 0 Å². The molecule has 0 aromatic heterocycles. The van der Waals surface area contributed by atoms with Crippen LogP contribution in [0.5, 0.6) is 5.75 Å². The molecular formula is C16H23NO4. The van der Waals surface area contributed by atoms with Gasteiger partial charge in [0.05, 0.1) is 12.6 Å². The van der Waals surface area contributed by atoms with Crippen LogP contribution in [-0.4, -0.2) is 39.9 Å². The molecule has 0 bridgehead atoms. The monoisotopic (exact) mass is 293 g/mol. The van der Waals surface area contributed by atoms with Crippen molar-refractivity contribution in [3.63, 3.8) is 0 Å². The topological polar surface area (TPSA) is 70.0 Å². The number of carboxylic acid groups (broad SMARTS) is 1. The van der Waals surface area contributed by atoms with Crippen molar-refractivity contribution in [2.75, 3.05) is 6.54 Å². The number of aliphatic hydroxyl groups excluding tert-OH is 1. The minimum Gasteiger partial charge on any atom is -0.488 e. The van der Waals surface area contributed by atoms with E-state index >= 15 is 0 Å². The van der Waals surface area contributed by atoms with E-state index in [-0.39, 0.29) is 24.2 Å². The van der Waals surface area contributed by atoms with Gasteiger partial charge in [-0.25, -0.2) is 4.79 Å². The summed E-state index contributed by atoms with van der Waals surface area (Å²) < 4.78 is 6.02. The van der Waals surface area contributed by atoms with E-state index < -0.39 is 6.09 Å². The van der Waals surface area contributed by atoms with E-state index in [0.717, 1.165) is 5.56 Å². The molecule has 1 fully saturated rings. The Morgan fingerprint density at radius 3 is 2.71 bits per heavy atom. The van der Waals surface area contributed by atoms with Crippen molar-refractivity contribution in [2.45, 2.75) is 45.9 Å². The lowest BCUT2D eigenvalue weighted by Crippen LogP contribution is -2.48. The van der Waals surface area contributed by atoms with E-state index in [1.54, 1.807) is 6.07 Å². The Labute approximate surface area is 125 Å². The van der Waals surface area contributed by atoms with E-state index in [2.05, 4.69) is 0 Å². The summed E-state index contributed by atoms with van der Waals surface area (Å²) in [6, 6.07) is 7.10. The van der Waals surface area contributed by atoms with Gasteiger partial charge in [0.1, 0.15) is 11.9 Å². The van der Waals surface area contributed by atoms with Gasteiger partial charge < -0.3 is 19.8 Å². The molecule has 0 aliphatic carbocycles. The quantitative estimate of drug-likeness (QED) is 0.899. The lowest BCUT2D eigenvalue weighted by Gasteiger charge is -2.36. The number of likely N-dealkylation sites (tertiary alicyclic amines) is 1. The maximum atomic E-state index is 11.4. The van der Waals surface area contributed by atoms with Crippen molar-refractivity contribution in [3.05, 3.63) is 29.8 Å². The fraction of sp³-hybridized carbons (Fsp3) is 0.562. The highest BCUT2D eigenvalue weighted by atomic mass is 16.5. The molecule has 2 unspecified atom stereocenters. The molecule has 1 heterocycles. The van der Waals surface area contributed by atoms with Crippen LogP contribution in [0.2, 0.25) is 0 Å². The maximum absolute atomic E-state index is 11.4. The third kappa shape index (κ3) is 3.47. The molecule has 2 atom stereocenters. The van der Waals surface area contributed by atoms with Crippen LogP contribution in [0.4, 0.5) is 4.79 Å². The van der Waals surface area contributed by atoms with Gasteiger partial charge in [0.25, 0.3) is 0 Å². The summed E-state index contributed by atoms with van der Waals surface area (Å²) in [5, 5.41) is 18.5. The highest BCUT2D eigenvalue weighted by Crippen LogP contribution is 2.35. The van der Waals surface area contributed by atoms with Crippen LogP contribution in [-0.2, 0) is 6.61 Å². The van der Waals surface area contributed by atoms with E-state index in [1.165, 1.54) is 4.90 Å². The molecule has 116 valence electrons. The lowest BCUT2D eigenvalue weighted by molar-refractivity contribution is 0.0571. The molecule has 1 aromatic carbocycles. The Morgan fingerprint density at radius 2 is 2.14 bits per heavy atom.